The van der Waals surface area contributed by atoms with Gasteiger partial charge in [-0.15, -0.1) is 0 Å². The molecule has 6 nitrogen and oxygen atoms in total. The molecule has 0 bridgehead atoms. The fraction of sp³-hybridized carbons (Fsp3) is 0.643. The second-order valence-corrected chi connectivity index (χ2v) is 7.68. The maximum Gasteiger partial charge on any atom is 0.262 e. The summed E-state index contributed by atoms with van der Waals surface area (Å²) in [7, 11) is -3.60. The number of anilines is 1. The molecule has 0 radical (unpaired) electrons. The highest BCUT2D eigenvalue weighted by molar-refractivity contribution is 7.89. The minimum Gasteiger partial charge on any atom is -0.321 e. The second kappa shape index (κ2) is 5.90. The summed E-state index contributed by atoms with van der Waals surface area (Å²) in [6.45, 7) is 0.587. The van der Waals surface area contributed by atoms with E-state index in [0.29, 0.717) is 18.2 Å². The van der Waals surface area contributed by atoms with Gasteiger partial charge in [0, 0.05) is 18.8 Å². The minimum absolute atomic E-state index is 0.0405. The van der Waals surface area contributed by atoms with Crippen LogP contribution in [0.5, 0.6) is 0 Å². The number of hydrogen-bond donors (Lipinski definition) is 2. The van der Waals surface area contributed by atoms with E-state index in [1.54, 1.807) is 16.4 Å². The van der Waals surface area contributed by atoms with Crippen LogP contribution in [0.2, 0.25) is 0 Å². The largest absolute Gasteiger partial charge is 0.321 e. The lowest BCUT2D eigenvalue weighted by Crippen LogP contribution is -2.49. The van der Waals surface area contributed by atoms with Gasteiger partial charge in [0.2, 0.25) is 0 Å². The van der Waals surface area contributed by atoms with Crippen molar-refractivity contribution in [3.63, 3.8) is 0 Å². The molecule has 2 fully saturated rings. The third-order valence-corrected chi connectivity index (χ3v) is 6.56. The maximum absolute atomic E-state index is 13.0. The lowest BCUT2D eigenvalue weighted by Gasteiger charge is -2.43. The molecule has 116 valence electrons. The maximum atomic E-state index is 13.0. The lowest BCUT2D eigenvalue weighted by molar-refractivity contribution is 0.129. The number of piperidine rings is 1. The Labute approximate surface area is 125 Å². The highest BCUT2D eigenvalue weighted by Gasteiger charge is 2.41. The molecule has 2 unspecified atom stereocenters. The van der Waals surface area contributed by atoms with Crippen molar-refractivity contribution in [2.75, 3.05) is 12.0 Å². The van der Waals surface area contributed by atoms with Crippen LogP contribution >= 0.6 is 0 Å². The molecule has 0 aromatic carbocycles. The van der Waals surface area contributed by atoms with Crippen LogP contribution < -0.4 is 11.3 Å². The number of hydrogen-bond acceptors (Lipinski definition) is 5. The molecule has 1 aromatic rings. The van der Waals surface area contributed by atoms with Gasteiger partial charge in [0.25, 0.3) is 10.0 Å². The highest BCUT2D eigenvalue weighted by atomic mass is 32.2. The van der Waals surface area contributed by atoms with E-state index < -0.39 is 10.0 Å². The first-order valence-electron chi connectivity index (χ1n) is 7.58. The number of fused-ring (bicyclic) bond motifs is 1. The summed E-state index contributed by atoms with van der Waals surface area (Å²) in [4.78, 5) is 4.06. The smallest absolute Gasteiger partial charge is 0.262 e. The molecule has 2 aliphatic rings. The van der Waals surface area contributed by atoms with Gasteiger partial charge in [-0.3, -0.25) is 5.84 Å². The molecule has 3 N–H and O–H groups in total. The quantitative estimate of drug-likeness (QED) is 0.655. The number of nitrogen functional groups attached to an aromatic ring is 1. The third kappa shape index (κ3) is 2.65. The monoisotopic (exact) mass is 310 g/mol. The van der Waals surface area contributed by atoms with Crippen LogP contribution in [0.25, 0.3) is 0 Å². The number of nitrogens with zero attached hydrogens (tertiary/aromatic N) is 2. The number of nitrogens with two attached hydrogens (primary N) is 1. The molecule has 1 aromatic heterocycles. The van der Waals surface area contributed by atoms with Crippen molar-refractivity contribution in [3.05, 3.63) is 18.3 Å². The van der Waals surface area contributed by atoms with Gasteiger partial charge in [-0.25, -0.2) is 13.4 Å². The molecule has 21 heavy (non-hydrogen) atoms. The summed E-state index contributed by atoms with van der Waals surface area (Å²) in [5.74, 6) is 5.94. The van der Waals surface area contributed by atoms with Gasteiger partial charge in [0.05, 0.1) is 5.69 Å². The van der Waals surface area contributed by atoms with Gasteiger partial charge in [-0.05, 0) is 43.7 Å². The van der Waals surface area contributed by atoms with Crippen LogP contribution in [0.4, 0.5) is 5.69 Å². The Morgan fingerprint density at radius 1 is 1.24 bits per heavy atom. The Morgan fingerprint density at radius 3 is 2.81 bits per heavy atom. The van der Waals surface area contributed by atoms with Crippen molar-refractivity contribution >= 4 is 15.7 Å². The molecule has 1 saturated carbocycles. The third-order valence-electron chi connectivity index (χ3n) is 4.67. The van der Waals surface area contributed by atoms with E-state index in [0.717, 1.165) is 32.1 Å². The summed E-state index contributed by atoms with van der Waals surface area (Å²) in [5, 5.41) is 0.0405. The molecule has 2 heterocycles. The lowest BCUT2D eigenvalue weighted by atomic mass is 9.79. The Bertz CT molecular complexity index is 603. The zero-order valence-corrected chi connectivity index (χ0v) is 12.8. The van der Waals surface area contributed by atoms with Crippen molar-refractivity contribution in [1.82, 2.24) is 9.29 Å². The predicted octanol–water partition coefficient (Wildman–Crippen LogP) is 1.71. The SMILES string of the molecule is NNc1cccnc1S(=O)(=O)N1CCCC2CCCCC21. The fourth-order valence-electron chi connectivity index (χ4n) is 3.69. The Kier molecular flexibility index (Phi) is 4.14. The molecule has 3 rings (SSSR count). The molecule has 0 spiro atoms. The zero-order valence-electron chi connectivity index (χ0n) is 12.0. The van der Waals surface area contributed by atoms with E-state index in [1.807, 2.05) is 0 Å². The van der Waals surface area contributed by atoms with E-state index in [2.05, 4.69) is 10.4 Å². The molecule has 2 atom stereocenters. The molecular weight excluding hydrogens is 288 g/mol. The average Bonchev–Trinajstić information content (AvgIpc) is 2.54. The van der Waals surface area contributed by atoms with Gasteiger partial charge < -0.3 is 5.43 Å². The van der Waals surface area contributed by atoms with Gasteiger partial charge in [0.15, 0.2) is 5.03 Å². The van der Waals surface area contributed by atoms with Gasteiger partial charge in [0.1, 0.15) is 0 Å². The molecule has 1 aliphatic heterocycles. The number of pyridine rings is 1. The molecular formula is C14H22N4O2S. The first kappa shape index (κ1) is 14.7. The Morgan fingerprint density at radius 2 is 2.00 bits per heavy atom. The van der Waals surface area contributed by atoms with Crippen LogP contribution in [0.15, 0.2) is 23.4 Å². The van der Waals surface area contributed by atoms with Gasteiger partial charge in [-0.1, -0.05) is 12.8 Å². The number of aromatic nitrogens is 1. The summed E-state index contributed by atoms with van der Waals surface area (Å²) >= 11 is 0. The van der Waals surface area contributed by atoms with Crippen LogP contribution in [0.1, 0.15) is 38.5 Å². The summed E-state index contributed by atoms with van der Waals surface area (Å²) in [6.07, 6.45) is 7.99. The standard InChI is InChI=1S/C14H22N4O2S/c15-17-12-7-3-9-16-14(12)21(19,20)18-10-4-6-11-5-1-2-8-13(11)18/h3,7,9,11,13,17H,1-2,4-6,8,10,15H2. The first-order chi connectivity index (χ1) is 10.1. The van der Waals surface area contributed by atoms with Crippen molar-refractivity contribution < 1.29 is 8.42 Å². The fourth-order valence-corrected chi connectivity index (χ4v) is 5.52. The summed E-state index contributed by atoms with van der Waals surface area (Å²) in [5.41, 5.74) is 2.80. The van der Waals surface area contributed by atoms with Gasteiger partial charge >= 0.3 is 0 Å². The van der Waals surface area contributed by atoms with E-state index in [1.165, 1.54) is 12.6 Å². The van der Waals surface area contributed by atoms with Crippen molar-refractivity contribution in [1.29, 1.82) is 0 Å². The molecule has 7 heteroatoms. The Hall–Kier alpha value is -1.18. The van der Waals surface area contributed by atoms with Crippen LogP contribution in [-0.4, -0.2) is 30.3 Å². The first-order valence-corrected chi connectivity index (χ1v) is 9.02. The topological polar surface area (TPSA) is 88.3 Å². The van der Waals surface area contributed by atoms with Crippen LogP contribution in [-0.2, 0) is 10.0 Å². The van der Waals surface area contributed by atoms with Crippen molar-refractivity contribution in [2.45, 2.75) is 49.6 Å². The van der Waals surface area contributed by atoms with Gasteiger partial charge in [-0.2, -0.15) is 4.31 Å². The van der Waals surface area contributed by atoms with E-state index in [-0.39, 0.29) is 11.1 Å². The van der Waals surface area contributed by atoms with Crippen molar-refractivity contribution in [3.8, 4) is 0 Å². The Balaban J connectivity index is 1.96. The number of nitrogens with one attached hydrogen (secondary N) is 1. The number of rotatable bonds is 3. The average molecular weight is 310 g/mol. The summed E-state index contributed by atoms with van der Waals surface area (Å²) in [6, 6.07) is 3.45. The second-order valence-electron chi connectivity index (χ2n) is 5.87. The number of sulfonamides is 1. The normalized spacial score (nSPS) is 27.1. The molecule has 1 saturated heterocycles. The molecule has 0 amide bonds. The predicted molar refractivity (Wildman–Crippen MR) is 80.9 cm³/mol. The van der Waals surface area contributed by atoms with Crippen molar-refractivity contribution in [2.24, 2.45) is 11.8 Å². The zero-order chi connectivity index (χ0) is 14.9. The van der Waals surface area contributed by atoms with E-state index in [4.69, 9.17) is 5.84 Å². The van der Waals surface area contributed by atoms with Crippen LogP contribution in [0, 0.1) is 5.92 Å². The molecule has 1 aliphatic carbocycles. The number of hydrazine groups is 1. The van der Waals surface area contributed by atoms with Crippen LogP contribution in [0.3, 0.4) is 0 Å². The summed E-state index contributed by atoms with van der Waals surface area (Å²) < 4.78 is 27.6. The van der Waals surface area contributed by atoms with E-state index >= 15 is 0 Å². The minimum atomic E-state index is -3.60. The van der Waals surface area contributed by atoms with E-state index in [9.17, 15) is 8.42 Å². The highest BCUT2D eigenvalue weighted by Crippen LogP contribution is 2.38.